The van der Waals surface area contributed by atoms with E-state index in [1.807, 2.05) is 7.05 Å². The van der Waals surface area contributed by atoms with Crippen molar-refractivity contribution in [3.8, 4) is 0 Å². The Hall–Kier alpha value is -0.590. The van der Waals surface area contributed by atoms with Crippen LogP contribution in [-0.4, -0.2) is 12.8 Å². The minimum absolute atomic E-state index is 0.431. The van der Waals surface area contributed by atoms with E-state index in [1.54, 1.807) is 0 Å². The highest BCUT2D eigenvalue weighted by molar-refractivity contribution is 5.97. The summed E-state index contributed by atoms with van der Waals surface area (Å²) in [7, 11) is 1.96. The van der Waals surface area contributed by atoms with Crippen molar-refractivity contribution in [1.82, 2.24) is 0 Å². The zero-order valence-corrected chi connectivity index (χ0v) is 13.8. The maximum absolute atomic E-state index is 4.57. The van der Waals surface area contributed by atoms with Crippen molar-refractivity contribution in [1.29, 1.82) is 0 Å². The van der Waals surface area contributed by atoms with Crippen LogP contribution in [0.4, 0.5) is 0 Å². The van der Waals surface area contributed by atoms with E-state index in [4.69, 9.17) is 0 Å². The van der Waals surface area contributed by atoms with E-state index in [2.05, 4.69) is 38.8 Å². The average Bonchev–Trinajstić information content (AvgIpc) is 2.36. The summed E-state index contributed by atoms with van der Waals surface area (Å²) in [6.45, 7) is 9.33. The predicted molar refractivity (Wildman–Crippen MR) is 87.0 cm³/mol. The molecule has 0 bridgehead atoms. The van der Waals surface area contributed by atoms with Crippen LogP contribution in [0.5, 0.6) is 0 Å². The zero-order valence-electron chi connectivity index (χ0n) is 13.8. The molecule has 0 radical (unpaired) electrons. The fraction of sp³-hybridized carbons (Fsp3) is 0.833. The van der Waals surface area contributed by atoms with Gasteiger partial charge >= 0.3 is 0 Å². The third-order valence-corrected chi connectivity index (χ3v) is 4.36. The summed E-state index contributed by atoms with van der Waals surface area (Å²) in [4.78, 5) is 4.57. The highest BCUT2D eigenvalue weighted by Crippen LogP contribution is 2.31. The molecule has 19 heavy (non-hydrogen) atoms. The second-order valence-corrected chi connectivity index (χ2v) is 7.07. The van der Waals surface area contributed by atoms with Gasteiger partial charge in [-0.2, -0.15) is 0 Å². The van der Waals surface area contributed by atoms with Crippen molar-refractivity contribution in [3.05, 3.63) is 11.6 Å². The van der Waals surface area contributed by atoms with Crippen LogP contribution < -0.4 is 0 Å². The topological polar surface area (TPSA) is 12.4 Å². The number of rotatable bonds is 6. The van der Waals surface area contributed by atoms with Crippen LogP contribution in [0.15, 0.2) is 16.6 Å². The lowest BCUT2D eigenvalue weighted by Crippen LogP contribution is -2.17. The normalized spacial score (nSPS) is 19.8. The van der Waals surface area contributed by atoms with Crippen molar-refractivity contribution in [2.75, 3.05) is 7.05 Å². The summed E-state index contributed by atoms with van der Waals surface area (Å²) < 4.78 is 0. The molecule has 0 unspecified atom stereocenters. The van der Waals surface area contributed by atoms with Crippen molar-refractivity contribution >= 4 is 5.71 Å². The quantitative estimate of drug-likeness (QED) is 0.537. The van der Waals surface area contributed by atoms with E-state index in [1.165, 1.54) is 62.7 Å². The van der Waals surface area contributed by atoms with Crippen LogP contribution in [0.2, 0.25) is 0 Å². The molecule has 1 saturated carbocycles. The summed E-state index contributed by atoms with van der Waals surface area (Å²) in [5.74, 6) is 0.725. The number of nitrogens with zero attached hydrogens (tertiary/aromatic N) is 1. The molecule has 0 atom stereocenters. The van der Waals surface area contributed by atoms with Crippen molar-refractivity contribution in [2.24, 2.45) is 16.3 Å². The van der Waals surface area contributed by atoms with Crippen molar-refractivity contribution < 1.29 is 0 Å². The Morgan fingerprint density at radius 3 is 2.37 bits per heavy atom. The van der Waals surface area contributed by atoms with Gasteiger partial charge in [-0.25, -0.2) is 0 Å². The molecule has 0 aromatic heterocycles. The van der Waals surface area contributed by atoms with E-state index in [9.17, 15) is 0 Å². The van der Waals surface area contributed by atoms with E-state index < -0.39 is 0 Å². The first kappa shape index (κ1) is 16.5. The summed E-state index contributed by atoms with van der Waals surface area (Å²) in [6, 6.07) is 0. The molecule has 1 rings (SSSR count). The Labute approximate surface area is 120 Å². The van der Waals surface area contributed by atoms with Gasteiger partial charge < -0.3 is 0 Å². The standard InChI is InChI=1S/C18H33N/c1-6-12-18(3,4)14-15(2)13-17(19-5)16-10-8-7-9-11-16/h13,16H,6-12,14H2,1-5H3/b15-13-,19-17?. The molecular weight excluding hydrogens is 230 g/mol. The van der Waals surface area contributed by atoms with E-state index >= 15 is 0 Å². The largest absolute Gasteiger partial charge is 0.293 e. The second-order valence-electron chi connectivity index (χ2n) is 7.07. The molecule has 0 aromatic rings. The Morgan fingerprint density at radius 1 is 1.21 bits per heavy atom. The average molecular weight is 263 g/mol. The van der Waals surface area contributed by atoms with E-state index in [0.29, 0.717) is 5.41 Å². The number of hydrogen-bond acceptors (Lipinski definition) is 1. The first-order valence-corrected chi connectivity index (χ1v) is 8.12. The third-order valence-electron chi connectivity index (χ3n) is 4.36. The van der Waals surface area contributed by atoms with Gasteiger partial charge in [-0.15, -0.1) is 0 Å². The predicted octanol–water partition coefficient (Wildman–Crippen LogP) is 5.80. The first-order chi connectivity index (χ1) is 8.98. The highest BCUT2D eigenvalue weighted by Gasteiger charge is 2.20. The minimum atomic E-state index is 0.431. The minimum Gasteiger partial charge on any atom is -0.293 e. The second kappa shape index (κ2) is 7.87. The van der Waals surface area contributed by atoms with Gasteiger partial charge in [-0.1, -0.05) is 52.0 Å². The Kier molecular flexibility index (Phi) is 6.82. The fourth-order valence-electron chi connectivity index (χ4n) is 3.59. The van der Waals surface area contributed by atoms with Gasteiger partial charge in [0.2, 0.25) is 0 Å². The van der Waals surface area contributed by atoms with Gasteiger partial charge in [0.05, 0.1) is 0 Å². The Balaban J connectivity index is 2.64. The van der Waals surface area contributed by atoms with Crippen LogP contribution in [0, 0.1) is 11.3 Å². The van der Waals surface area contributed by atoms with E-state index in [0.717, 1.165) is 5.92 Å². The molecule has 1 nitrogen and oxygen atoms in total. The summed E-state index contributed by atoms with van der Waals surface area (Å²) in [5.41, 5.74) is 3.29. The lowest BCUT2D eigenvalue weighted by atomic mass is 9.80. The van der Waals surface area contributed by atoms with Crippen molar-refractivity contribution in [3.63, 3.8) is 0 Å². The number of aliphatic imine (C=N–C) groups is 1. The van der Waals surface area contributed by atoms with Gasteiger partial charge in [-0.3, -0.25) is 4.99 Å². The van der Waals surface area contributed by atoms with Gasteiger partial charge in [0, 0.05) is 18.7 Å². The molecule has 0 amide bonds. The number of hydrogen-bond donors (Lipinski definition) is 0. The van der Waals surface area contributed by atoms with Gasteiger partial charge in [-0.05, 0) is 44.1 Å². The molecule has 110 valence electrons. The van der Waals surface area contributed by atoms with Gasteiger partial charge in [0.25, 0.3) is 0 Å². The molecule has 0 aromatic carbocycles. The van der Waals surface area contributed by atoms with Crippen LogP contribution >= 0.6 is 0 Å². The van der Waals surface area contributed by atoms with Crippen LogP contribution in [0.3, 0.4) is 0 Å². The lowest BCUT2D eigenvalue weighted by molar-refractivity contribution is 0.328. The van der Waals surface area contributed by atoms with Gasteiger partial charge in [0.1, 0.15) is 0 Å². The smallest absolute Gasteiger partial charge is 0.0375 e. The van der Waals surface area contributed by atoms with Crippen LogP contribution in [-0.2, 0) is 0 Å². The first-order valence-electron chi connectivity index (χ1n) is 8.12. The Morgan fingerprint density at radius 2 is 1.84 bits per heavy atom. The zero-order chi connectivity index (χ0) is 14.3. The third kappa shape index (κ3) is 5.93. The molecule has 0 saturated heterocycles. The highest BCUT2D eigenvalue weighted by atomic mass is 14.7. The maximum Gasteiger partial charge on any atom is 0.0375 e. The van der Waals surface area contributed by atoms with Gasteiger partial charge in [0.15, 0.2) is 0 Å². The van der Waals surface area contributed by atoms with Crippen LogP contribution in [0.1, 0.15) is 79.1 Å². The molecule has 1 fully saturated rings. The fourth-order valence-corrected chi connectivity index (χ4v) is 3.59. The van der Waals surface area contributed by atoms with Crippen LogP contribution in [0.25, 0.3) is 0 Å². The summed E-state index contributed by atoms with van der Waals surface area (Å²) >= 11 is 0. The van der Waals surface area contributed by atoms with E-state index in [-0.39, 0.29) is 0 Å². The molecule has 0 aliphatic heterocycles. The SMILES string of the molecule is CCCC(C)(C)C/C(C)=C\C(=NC)C1CCCCC1. The number of allylic oxidation sites excluding steroid dienone is 2. The Bertz CT molecular complexity index is 317. The molecule has 0 heterocycles. The molecule has 1 aliphatic rings. The molecule has 0 spiro atoms. The molecule has 1 aliphatic carbocycles. The lowest BCUT2D eigenvalue weighted by Gasteiger charge is -2.26. The summed E-state index contributed by atoms with van der Waals surface area (Å²) in [6.07, 6.45) is 13.0. The molecular formula is C18H33N. The van der Waals surface area contributed by atoms with Crippen molar-refractivity contribution in [2.45, 2.75) is 79.1 Å². The maximum atomic E-state index is 4.57. The monoisotopic (exact) mass is 263 g/mol. The summed E-state index contributed by atoms with van der Waals surface area (Å²) in [5, 5.41) is 0. The molecule has 1 heteroatoms. The molecule has 0 N–H and O–H groups in total.